The molecule has 0 bridgehead atoms. The van der Waals surface area contributed by atoms with E-state index in [-0.39, 0.29) is 0 Å². The van der Waals surface area contributed by atoms with Crippen LogP contribution in [0.4, 0.5) is 0 Å². The van der Waals surface area contributed by atoms with Gasteiger partial charge in [0.2, 0.25) is 0 Å². The lowest BCUT2D eigenvalue weighted by Crippen LogP contribution is -2.48. The topological polar surface area (TPSA) is 50.1 Å². The summed E-state index contributed by atoms with van der Waals surface area (Å²) in [6.07, 6.45) is 3.56. The molecule has 2 unspecified atom stereocenters. The van der Waals surface area contributed by atoms with Gasteiger partial charge in [-0.15, -0.1) is 0 Å². The lowest BCUT2D eigenvalue weighted by atomic mass is 10.0. The molecule has 0 saturated carbocycles. The lowest BCUT2D eigenvalue weighted by molar-refractivity contribution is 0.440. The molecule has 0 aromatic rings. The van der Waals surface area contributed by atoms with E-state index in [0.717, 1.165) is 13.0 Å². The highest BCUT2D eigenvalue weighted by molar-refractivity contribution is 7.80. The molecule has 0 aliphatic carbocycles. The molecule has 4 heteroatoms. The van der Waals surface area contributed by atoms with Crippen molar-refractivity contribution < 1.29 is 0 Å². The molecule has 0 radical (unpaired) electrons. The van der Waals surface area contributed by atoms with Crippen LogP contribution in [0.3, 0.4) is 0 Å². The van der Waals surface area contributed by atoms with E-state index < -0.39 is 0 Å². The summed E-state index contributed by atoms with van der Waals surface area (Å²) in [5.41, 5.74) is 5.43. The molecule has 1 rings (SSSR count). The number of hydrogen-bond donors (Lipinski definition) is 3. The maximum absolute atomic E-state index is 5.43. The second-order valence-corrected chi connectivity index (χ2v) is 3.67. The Balaban J connectivity index is 2.37. The molecule has 12 heavy (non-hydrogen) atoms. The number of nitrogens with one attached hydrogen (secondary N) is 2. The molecule has 4 N–H and O–H groups in total. The normalized spacial score (nSPS) is 25.2. The Morgan fingerprint density at radius 3 is 3.00 bits per heavy atom. The van der Waals surface area contributed by atoms with Gasteiger partial charge in [-0.25, -0.2) is 0 Å². The molecule has 3 nitrogen and oxygen atoms in total. The zero-order valence-corrected chi connectivity index (χ0v) is 8.29. The van der Waals surface area contributed by atoms with E-state index in [9.17, 15) is 0 Å². The fourth-order valence-electron chi connectivity index (χ4n) is 1.72. The summed E-state index contributed by atoms with van der Waals surface area (Å²) in [5.74, 6) is 0. The van der Waals surface area contributed by atoms with Crippen LogP contribution >= 0.6 is 12.2 Å². The van der Waals surface area contributed by atoms with E-state index in [1.165, 1.54) is 12.8 Å². The second kappa shape index (κ2) is 4.62. The molecule has 0 spiro atoms. The monoisotopic (exact) mass is 187 g/mol. The van der Waals surface area contributed by atoms with Crippen molar-refractivity contribution in [3.8, 4) is 0 Å². The van der Waals surface area contributed by atoms with Gasteiger partial charge in [-0.2, -0.15) is 0 Å². The molecule has 1 aliphatic rings. The largest absolute Gasteiger partial charge is 0.376 e. The fourth-order valence-corrected chi connectivity index (χ4v) is 1.88. The Labute approximate surface area is 79.1 Å². The van der Waals surface area contributed by atoms with Crippen LogP contribution in [0, 0.1) is 0 Å². The van der Waals surface area contributed by atoms with Crippen LogP contribution in [0.5, 0.6) is 0 Å². The molecule has 1 saturated heterocycles. The standard InChI is InChI=1S/C8H17N3S/c1-2-6(11-8(9)12)7-4-3-5-10-7/h6-7,10H,2-5H2,1H3,(H3,9,11,12). The fraction of sp³-hybridized carbons (Fsp3) is 0.875. The van der Waals surface area contributed by atoms with E-state index in [1.807, 2.05) is 0 Å². The predicted octanol–water partition coefficient (Wildman–Crippen LogP) is 0.350. The van der Waals surface area contributed by atoms with Crippen LogP contribution in [0.1, 0.15) is 26.2 Å². The van der Waals surface area contributed by atoms with Gasteiger partial charge < -0.3 is 16.4 Å². The lowest BCUT2D eigenvalue weighted by Gasteiger charge is -2.23. The minimum Gasteiger partial charge on any atom is -0.376 e. The third-order valence-corrected chi connectivity index (χ3v) is 2.47. The zero-order chi connectivity index (χ0) is 8.97. The molecule has 2 atom stereocenters. The summed E-state index contributed by atoms with van der Waals surface area (Å²) < 4.78 is 0. The quantitative estimate of drug-likeness (QED) is 0.558. The number of nitrogens with two attached hydrogens (primary N) is 1. The van der Waals surface area contributed by atoms with E-state index in [2.05, 4.69) is 17.6 Å². The molecule has 1 aliphatic heterocycles. The van der Waals surface area contributed by atoms with E-state index in [4.69, 9.17) is 18.0 Å². The number of rotatable bonds is 3. The number of thiocarbonyl (C=S) groups is 1. The second-order valence-electron chi connectivity index (χ2n) is 3.23. The van der Waals surface area contributed by atoms with E-state index in [0.29, 0.717) is 17.2 Å². The van der Waals surface area contributed by atoms with Crippen LogP contribution < -0.4 is 16.4 Å². The maximum atomic E-state index is 5.43. The van der Waals surface area contributed by atoms with Crippen molar-refractivity contribution in [1.82, 2.24) is 10.6 Å². The third kappa shape index (κ3) is 2.60. The van der Waals surface area contributed by atoms with Crippen molar-refractivity contribution in [2.75, 3.05) is 6.54 Å². The van der Waals surface area contributed by atoms with Crippen molar-refractivity contribution in [3.63, 3.8) is 0 Å². The number of hydrogen-bond acceptors (Lipinski definition) is 2. The minimum atomic E-state index is 0.407. The SMILES string of the molecule is CCC(NC(N)=S)C1CCCN1. The van der Waals surface area contributed by atoms with Crippen LogP contribution in [0.2, 0.25) is 0 Å². The van der Waals surface area contributed by atoms with Crippen LogP contribution in [-0.4, -0.2) is 23.7 Å². The summed E-state index contributed by atoms with van der Waals surface area (Å²) in [6, 6.07) is 0.960. The van der Waals surface area contributed by atoms with Crippen molar-refractivity contribution in [1.29, 1.82) is 0 Å². The van der Waals surface area contributed by atoms with Crippen LogP contribution in [0.25, 0.3) is 0 Å². The summed E-state index contributed by atoms with van der Waals surface area (Å²) in [7, 11) is 0. The highest BCUT2D eigenvalue weighted by Crippen LogP contribution is 2.11. The molecule has 70 valence electrons. The van der Waals surface area contributed by atoms with Gasteiger partial charge in [0, 0.05) is 12.1 Å². The first-order valence-electron chi connectivity index (χ1n) is 4.53. The van der Waals surface area contributed by atoms with Crippen LogP contribution in [-0.2, 0) is 0 Å². The predicted molar refractivity (Wildman–Crippen MR) is 55.0 cm³/mol. The average molecular weight is 187 g/mol. The highest BCUT2D eigenvalue weighted by Gasteiger charge is 2.22. The first-order chi connectivity index (χ1) is 5.74. The van der Waals surface area contributed by atoms with Crippen molar-refractivity contribution >= 4 is 17.3 Å². The smallest absolute Gasteiger partial charge is 0.163 e. The van der Waals surface area contributed by atoms with Gasteiger partial charge in [-0.1, -0.05) is 6.92 Å². The Bertz CT molecular complexity index is 154. The molecular formula is C8H17N3S. The van der Waals surface area contributed by atoms with Crippen molar-refractivity contribution in [3.05, 3.63) is 0 Å². The molecule has 0 amide bonds. The zero-order valence-electron chi connectivity index (χ0n) is 7.47. The summed E-state index contributed by atoms with van der Waals surface area (Å²) in [4.78, 5) is 0. The third-order valence-electron chi connectivity index (χ3n) is 2.35. The molecular weight excluding hydrogens is 170 g/mol. The Hall–Kier alpha value is -0.350. The highest BCUT2D eigenvalue weighted by atomic mass is 32.1. The van der Waals surface area contributed by atoms with E-state index in [1.54, 1.807) is 0 Å². The van der Waals surface area contributed by atoms with Gasteiger partial charge in [0.15, 0.2) is 5.11 Å². The average Bonchev–Trinajstić information content (AvgIpc) is 2.51. The minimum absolute atomic E-state index is 0.407. The maximum Gasteiger partial charge on any atom is 0.163 e. The van der Waals surface area contributed by atoms with Crippen molar-refractivity contribution in [2.45, 2.75) is 38.3 Å². The summed E-state index contributed by atoms with van der Waals surface area (Å²) in [6.45, 7) is 3.27. The summed E-state index contributed by atoms with van der Waals surface area (Å²) in [5, 5.41) is 6.97. The van der Waals surface area contributed by atoms with Gasteiger partial charge in [0.05, 0.1) is 0 Å². The molecule has 1 fully saturated rings. The Morgan fingerprint density at radius 1 is 1.83 bits per heavy atom. The molecule has 0 aromatic heterocycles. The van der Waals surface area contributed by atoms with Gasteiger partial charge in [-0.05, 0) is 38.0 Å². The molecule has 1 heterocycles. The van der Waals surface area contributed by atoms with Gasteiger partial charge >= 0.3 is 0 Å². The van der Waals surface area contributed by atoms with E-state index >= 15 is 0 Å². The van der Waals surface area contributed by atoms with Gasteiger partial charge in [0.25, 0.3) is 0 Å². The Kier molecular flexibility index (Phi) is 3.75. The molecule has 0 aromatic carbocycles. The van der Waals surface area contributed by atoms with Gasteiger partial charge in [0.1, 0.15) is 0 Å². The first-order valence-corrected chi connectivity index (χ1v) is 4.94. The summed E-state index contributed by atoms with van der Waals surface area (Å²) >= 11 is 4.81. The Morgan fingerprint density at radius 2 is 2.58 bits per heavy atom. The first kappa shape index (κ1) is 9.74. The van der Waals surface area contributed by atoms with Crippen molar-refractivity contribution in [2.24, 2.45) is 5.73 Å². The van der Waals surface area contributed by atoms with Gasteiger partial charge in [-0.3, -0.25) is 0 Å². The van der Waals surface area contributed by atoms with Crippen LogP contribution in [0.15, 0.2) is 0 Å².